The van der Waals surface area contributed by atoms with Gasteiger partial charge in [0.25, 0.3) is 0 Å². The fourth-order valence-electron chi connectivity index (χ4n) is 1.24. The molecule has 4 heteroatoms. The molecule has 1 aromatic rings. The van der Waals surface area contributed by atoms with Crippen molar-refractivity contribution in [3.8, 4) is 0 Å². The second-order valence-corrected chi connectivity index (χ2v) is 3.10. The normalized spacial score (nSPS) is 9.85. The highest BCUT2D eigenvalue weighted by atomic mass is 15.2. The van der Waals surface area contributed by atoms with Gasteiger partial charge >= 0.3 is 0 Å². The zero-order valence-electron chi connectivity index (χ0n) is 8.63. The first kappa shape index (κ1) is 9.77. The van der Waals surface area contributed by atoms with Gasteiger partial charge in [0, 0.05) is 26.2 Å². The Labute approximate surface area is 79.0 Å². The van der Waals surface area contributed by atoms with Crippen molar-refractivity contribution in [3.05, 3.63) is 11.9 Å². The first-order valence-electron chi connectivity index (χ1n) is 4.39. The maximum absolute atomic E-state index is 4.20. The fourth-order valence-corrected chi connectivity index (χ4v) is 1.24. The summed E-state index contributed by atoms with van der Waals surface area (Å²) in [6.45, 7) is 4.95. The maximum Gasteiger partial charge on any atom is 0.136 e. The van der Waals surface area contributed by atoms with Crippen molar-refractivity contribution in [2.75, 3.05) is 30.9 Å². The van der Waals surface area contributed by atoms with E-state index in [1.54, 1.807) is 6.33 Å². The number of anilines is 2. The Balaban J connectivity index is 3.03. The Kier molecular flexibility index (Phi) is 3.06. The molecule has 4 nitrogen and oxygen atoms in total. The quantitative estimate of drug-likeness (QED) is 0.760. The molecule has 1 rings (SSSR count). The molecule has 0 aliphatic heterocycles. The lowest BCUT2D eigenvalue weighted by Gasteiger charge is -2.15. The zero-order valence-corrected chi connectivity index (χ0v) is 8.63. The second-order valence-electron chi connectivity index (χ2n) is 3.10. The second kappa shape index (κ2) is 4.07. The predicted molar refractivity (Wildman–Crippen MR) is 55.3 cm³/mol. The zero-order chi connectivity index (χ0) is 9.84. The number of nitrogens with one attached hydrogen (secondary N) is 1. The van der Waals surface area contributed by atoms with Crippen LogP contribution in [0.15, 0.2) is 6.33 Å². The van der Waals surface area contributed by atoms with Crippen LogP contribution in [-0.2, 0) is 0 Å². The van der Waals surface area contributed by atoms with Crippen LogP contribution in [0.3, 0.4) is 0 Å². The monoisotopic (exact) mass is 180 g/mol. The molecule has 0 saturated carbocycles. The number of nitrogens with zero attached hydrogens (tertiary/aromatic N) is 3. The van der Waals surface area contributed by atoms with Crippen LogP contribution in [-0.4, -0.2) is 30.6 Å². The van der Waals surface area contributed by atoms with E-state index >= 15 is 0 Å². The largest absolute Gasteiger partial charge is 0.370 e. The van der Waals surface area contributed by atoms with Gasteiger partial charge in [-0.15, -0.1) is 0 Å². The molecule has 0 radical (unpaired) electrons. The number of hydrogen-bond donors (Lipinski definition) is 1. The molecule has 0 bridgehead atoms. The molecule has 0 unspecified atom stereocenters. The van der Waals surface area contributed by atoms with Gasteiger partial charge in [-0.2, -0.15) is 0 Å². The van der Waals surface area contributed by atoms with Gasteiger partial charge in [0.2, 0.25) is 0 Å². The minimum Gasteiger partial charge on any atom is -0.370 e. The maximum atomic E-state index is 4.20. The van der Waals surface area contributed by atoms with E-state index in [4.69, 9.17) is 0 Å². The molecule has 0 spiro atoms. The molecular formula is C9H16N4. The Morgan fingerprint density at radius 2 is 2.08 bits per heavy atom. The number of hydrogen-bond acceptors (Lipinski definition) is 4. The minimum absolute atomic E-state index is 0.880. The molecule has 0 aliphatic rings. The molecule has 0 atom stereocenters. The molecule has 1 heterocycles. The summed E-state index contributed by atoms with van der Waals surface area (Å²) in [7, 11) is 3.95. The Hall–Kier alpha value is -1.32. The van der Waals surface area contributed by atoms with Crippen LogP contribution in [0.1, 0.15) is 12.5 Å². The van der Waals surface area contributed by atoms with Crippen molar-refractivity contribution in [1.29, 1.82) is 0 Å². The highest BCUT2D eigenvalue weighted by Gasteiger charge is 2.06. The van der Waals surface area contributed by atoms with Gasteiger partial charge in [-0.3, -0.25) is 0 Å². The lowest BCUT2D eigenvalue weighted by Crippen LogP contribution is -2.14. The third-order valence-corrected chi connectivity index (χ3v) is 1.83. The molecule has 0 amide bonds. The van der Waals surface area contributed by atoms with Gasteiger partial charge in [0.05, 0.1) is 0 Å². The summed E-state index contributed by atoms with van der Waals surface area (Å²) >= 11 is 0. The lowest BCUT2D eigenvalue weighted by molar-refractivity contribution is 1.01. The lowest BCUT2D eigenvalue weighted by atomic mass is 10.3. The smallest absolute Gasteiger partial charge is 0.136 e. The van der Waals surface area contributed by atoms with E-state index in [2.05, 4.69) is 22.2 Å². The Bertz CT molecular complexity index is 283. The summed E-state index contributed by atoms with van der Waals surface area (Å²) in [5.74, 6) is 1.88. The molecule has 1 N–H and O–H groups in total. The summed E-state index contributed by atoms with van der Waals surface area (Å²) in [6, 6.07) is 0. The summed E-state index contributed by atoms with van der Waals surface area (Å²) in [5, 5.41) is 3.19. The van der Waals surface area contributed by atoms with Crippen LogP contribution >= 0.6 is 0 Å². The van der Waals surface area contributed by atoms with Crippen molar-refractivity contribution < 1.29 is 0 Å². The Morgan fingerprint density at radius 1 is 1.38 bits per heavy atom. The average molecular weight is 180 g/mol. The standard InChI is InChI=1S/C9H16N4/c1-5-10-8-7(2)9(13(3)4)12-6-11-8/h6H,5H2,1-4H3,(H,10,11,12). The summed E-state index contributed by atoms with van der Waals surface area (Å²) < 4.78 is 0. The van der Waals surface area contributed by atoms with E-state index in [1.165, 1.54) is 0 Å². The molecule has 13 heavy (non-hydrogen) atoms. The van der Waals surface area contributed by atoms with E-state index in [0.29, 0.717) is 0 Å². The Morgan fingerprint density at radius 3 is 2.62 bits per heavy atom. The molecule has 0 saturated heterocycles. The predicted octanol–water partition coefficient (Wildman–Crippen LogP) is 1.28. The summed E-state index contributed by atoms with van der Waals surface area (Å²) in [4.78, 5) is 10.3. The van der Waals surface area contributed by atoms with Crippen molar-refractivity contribution in [2.24, 2.45) is 0 Å². The molecule has 1 aromatic heterocycles. The van der Waals surface area contributed by atoms with Crippen molar-refractivity contribution in [2.45, 2.75) is 13.8 Å². The SMILES string of the molecule is CCNc1ncnc(N(C)C)c1C. The van der Waals surface area contributed by atoms with E-state index in [-0.39, 0.29) is 0 Å². The summed E-state index contributed by atoms with van der Waals surface area (Å²) in [5.41, 5.74) is 1.09. The van der Waals surface area contributed by atoms with Gasteiger partial charge < -0.3 is 10.2 Å². The van der Waals surface area contributed by atoms with Gasteiger partial charge in [-0.05, 0) is 13.8 Å². The van der Waals surface area contributed by atoms with Crippen molar-refractivity contribution >= 4 is 11.6 Å². The third-order valence-electron chi connectivity index (χ3n) is 1.83. The highest BCUT2D eigenvalue weighted by molar-refractivity contribution is 5.56. The van der Waals surface area contributed by atoms with E-state index in [0.717, 1.165) is 23.7 Å². The molecular weight excluding hydrogens is 164 g/mol. The van der Waals surface area contributed by atoms with Crippen molar-refractivity contribution in [1.82, 2.24) is 9.97 Å². The minimum atomic E-state index is 0.880. The van der Waals surface area contributed by atoms with Crippen LogP contribution in [0, 0.1) is 6.92 Å². The van der Waals surface area contributed by atoms with Crippen LogP contribution < -0.4 is 10.2 Å². The van der Waals surface area contributed by atoms with Gasteiger partial charge in [0.1, 0.15) is 18.0 Å². The van der Waals surface area contributed by atoms with Gasteiger partial charge in [0.15, 0.2) is 0 Å². The highest BCUT2D eigenvalue weighted by Crippen LogP contribution is 2.19. The van der Waals surface area contributed by atoms with Crippen LogP contribution in [0.4, 0.5) is 11.6 Å². The van der Waals surface area contributed by atoms with E-state index < -0.39 is 0 Å². The van der Waals surface area contributed by atoms with Gasteiger partial charge in [-0.1, -0.05) is 0 Å². The van der Waals surface area contributed by atoms with E-state index in [9.17, 15) is 0 Å². The van der Waals surface area contributed by atoms with Gasteiger partial charge in [-0.25, -0.2) is 9.97 Å². The van der Waals surface area contributed by atoms with Crippen LogP contribution in [0.2, 0.25) is 0 Å². The summed E-state index contributed by atoms with van der Waals surface area (Å²) in [6.07, 6.45) is 1.58. The van der Waals surface area contributed by atoms with Crippen LogP contribution in [0.5, 0.6) is 0 Å². The molecule has 72 valence electrons. The van der Waals surface area contributed by atoms with Crippen molar-refractivity contribution in [3.63, 3.8) is 0 Å². The average Bonchev–Trinajstić information content (AvgIpc) is 2.08. The number of aromatic nitrogens is 2. The fraction of sp³-hybridized carbons (Fsp3) is 0.556. The first-order valence-corrected chi connectivity index (χ1v) is 4.39. The van der Waals surface area contributed by atoms with Crippen LogP contribution in [0.25, 0.3) is 0 Å². The molecule has 0 aliphatic carbocycles. The topological polar surface area (TPSA) is 41.1 Å². The van der Waals surface area contributed by atoms with E-state index in [1.807, 2.05) is 25.9 Å². The number of rotatable bonds is 3. The molecule has 0 aromatic carbocycles. The first-order chi connectivity index (χ1) is 6.16. The third kappa shape index (κ3) is 2.08. The molecule has 0 fully saturated rings.